The van der Waals surface area contributed by atoms with Crippen LogP contribution >= 0.6 is 27.3 Å². The molecule has 6 heterocycles. The van der Waals surface area contributed by atoms with Crippen molar-refractivity contribution in [3.05, 3.63) is 221 Å². The standard InChI is InChI=1S/C20H16N2O.C19H16BrNO.C16H14N2O2.C16H14N2OS/c1-20(2)11-18-17(19(23)12-20)9-8-16(22-18)7-6-14-4-3-5-15(10-14)13-21;1-19(2)11-17-16(18(22)12-19)9-8-15(21-17)7-6-13-4-3-5-14(20)10-13;2*1-16(2)7-14-13(15(19)8-16)6-4-11(18-14)3-5-12-9-17-10-20-12/h3-5,8-10H,11-12H2,1-2H3;3-5,8-10H,11-12H2,1-2H3;2*4,6,9-10H,7-8H2,1-2H3. The lowest BCUT2D eigenvalue weighted by molar-refractivity contribution is 0.0900. The maximum absolute atomic E-state index is 12.2. The van der Waals surface area contributed by atoms with Crippen molar-refractivity contribution in [2.75, 3.05) is 0 Å². The minimum absolute atomic E-state index is 0.0131. The summed E-state index contributed by atoms with van der Waals surface area (Å²) in [6.07, 6.45) is 10.2. The topological polar surface area (TPSA) is 183 Å². The monoisotopic (exact) mass is 1200 g/mol. The molecule has 0 bridgehead atoms. The first-order valence-electron chi connectivity index (χ1n) is 27.7. The highest BCUT2D eigenvalue weighted by atomic mass is 79.9. The van der Waals surface area contributed by atoms with Gasteiger partial charge < -0.3 is 4.42 Å². The van der Waals surface area contributed by atoms with E-state index in [0.717, 1.165) is 91.2 Å². The number of rotatable bonds is 0. The summed E-state index contributed by atoms with van der Waals surface area (Å²) in [5.41, 5.74) is 13.1. The summed E-state index contributed by atoms with van der Waals surface area (Å²) in [5, 5.41) is 8.91. The highest BCUT2D eigenvalue weighted by Gasteiger charge is 2.35. The van der Waals surface area contributed by atoms with Gasteiger partial charge in [-0.2, -0.15) is 5.26 Å². The molecular formula is C71H60BrN7O5S. The molecule has 14 heteroatoms. The molecule has 422 valence electrons. The fourth-order valence-corrected chi connectivity index (χ4v) is 11.2. The first kappa shape index (κ1) is 60.4. The van der Waals surface area contributed by atoms with Crippen molar-refractivity contribution in [2.45, 2.75) is 107 Å². The third-order valence-corrected chi connectivity index (χ3v) is 15.4. The molecule has 0 atom stereocenters. The molecule has 6 aromatic heterocycles. The number of ketones is 4. The number of nitriles is 1. The molecule has 0 spiro atoms. The van der Waals surface area contributed by atoms with Gasteiger partial charge in [-0.1, -0.05) is 95.3 Å². The zero-order valence-corrected chi connectivity index (χ0v) is 51.1. The second-order valence-corrected chi connectivity index (χ2v) is 26.3. The first-order chi connectivity index (χ1) is 40.5. The first-order valence-corrected chi connectivity index (χ1v) is 29.4. The van der Waals surface area contributed by atoms with E-state index >= 15 is 0 Å². The number of carbonyl (C=O) groups excluding carboxylic acids is 4. The summed E-state index contributed by atoms with van der Waals surface area (Å²) in [5.74, 6) is 25.3. The maximum Gasteiger partial charge on any atom is 0.197 e. The summed E-state index contributed by atoms with van der Waals surface area (Å²) in [4.78, 5) is 75.3. The molecule has 0 saturated carbocycles. The van der Waals surface area contributed by atoms with Crippen LogP contribution in [0.1, 0.15) is 195 Å². The molecule has 2 aromatic carbocycles. The SMILES string of the molecule is CC1(C)CC(=O)c2ccc(C#Cc3cccc(Br)c3)nc2C1.CC1(C)CC(=O)c2ccc(C#Cc3cccc(C#N)c3)nc2C1.CC1(C)CC(=O)c2ccc(C#Cc3cnco3)nc2C1.CC1(C)CC(=O)c2ccc(C#Cc3cncs3)nc2C1. The van der Waals surface area contributed by atoms with Gasteiger partial charge in [0, 0.05) is 63.5 Å². The van der Waals surface area contributed by atoms with Crippen molar-refractivity contribution in [2.24, 2.45) is 21.7 Å². The number of Topliss-reactive ketones (excluding diaryl/α,β-unsaturated/α-hetero) is 4. The smallest absolute Gasteiger partial charge is 0.197 e. The van der Waals surface area contributed by atoms with Crippen molar-refractivity contribution in [1.82, 2.24) is 29.9 Å². The fraction of sp³-hybridized carbons (Fsp3) is 0.282. The van der Waals surface area contributed by atoms with Crippen molar-refractivity contribution in [3.63, 3.8) is 0 Å². The van der Waals surface area contributed by atoms with E-state index in [1.807, 2.05) is 72.8 Å². The molecule has 0 radical (unpaired) electrons. The molecular weight excluding hydrogens is 1140 g/mol. The summed E-state index contributed by atoms with van der Waals surface area (Å²) >= 11 is 4.94. The van der Waals surface area contributed by atoms with Gasteiger partial charge in [0.2, 0.25) is 0 Å². The summed E-state index contributed by atoms with van der Waals surface area (Å²) in [6, 6.07) is 31.7. The van der Waals surface area contributed by atoms with Crippen LogP contribution < -0.4 is 0 Å². The van der Waals surface area contributed by atoms with Crippen LogP contribution in [0.5, 0.6) is 0 Å². The Morgan fingerprint density at radius 1 is 0.447 bits per heavy atom. The van der Waals surface area contributed by atoms with Gasteiger partial charge in [0.1, 0.15) is 22.8 Å². The number of oxazole rings is 1. The Labute approximate surface area is 509 Å². The van der Waals surface area contributed by atoms with Crippen molar-refractivity contribution >= 4 is 50.4 Å². The van der Waals surface area contributed by atoms with Crippen LogP contribution in [0.15, 0.2) is 130 Å². The predicted octanol–water partition coefficient (Wildman–Crippen LogP) is 13.6. The quantitative estimate of drug-likeness (QED) is 0.131. The number of benzene rings is 2. The maximum atomic E-state index is 12.2. The van der Waals surface area contributed by atoms with Crippen LogP contribution in [0, 0.1) is 80.4 Å². The minimum atomic E-state index is -0.0513. The average Bonchev–Trinajstić information content (AvgIpc) is 3.98. The molecule has 4 aliphatic rings. The molecule has 0 saturated heterocycles. The van der Waals surface area contributed by atoms with Crippen LogP contribution in [0.3, 0.4) is 0 Å². The van der Waals surface area contributed by atoms with Gasteiger partial charge in [-0.15, -0.1) is 11.3 Å². The Balaban J connectivity index is 0.000000136. The van der Waals surface area contributed by atoms with Gasteiger partial charge in [0.05, 0.1) is 57.2 Å². The fourth-order valence-electron chi connectivity index (χ4n) is 10.3. The number of nitrogens with zero attached hydrogens (tertiary/aromatic N) is 7. The van der Waals surface area contributed by atoms with Crippen LogP contribution in [0.2, 0.25) is 0 Å². The molecule has 12 rings (SSSR count). The van der Waals surface area contributed by atoms with Crippen LogP contribution in [0.4, 0.5) is 0 Å². The molecule has 85 heavy (non-hydrogen) atoms. The van der Waals surface area contributed by atoms with Crippen LogP contribution in [-0.2, 0) is 25.7 Å². The van der Waals surface area contributed by atoms with E-state index in [2.05, 4.69) is 155 Å². The van der Waals surface area contributed by atoms with Crippen LogP contribution in [0.25, 0.3) is 0 Å². The van der Waals surface area contributed by atoms with Gasteiger partial charge in [-0.25, -0.2) is 24.9 Å². The Hall–Kier alpha value is -9.23. The third-order valence-electron chi connectivity index (χ3n) is 14.2. The third kappa shape index (κ3) is 16.5. The number of aromatic nitrogens is 6. The second kappa shape index (κ2) is 25.7. The van der Waals surface area contributed by atoms with Crippen LogP contribution in [-0.4, -0.2) is 53.0 Å². The lowest BCUT2D eigenvalue weighted by Crippen LogP contribution is -2.28. The van der Waals surface area contributed by atoms with Gasteiger partial charge in [0.15, 0.2) is 35.3 Å². The summed E-state index contributed by atoms with van der Waals surface area (Å²) in [6.45, 7) is 16.8. The number of halogens is 1. The largest absolute Gasteiger partial charge is 0.435 e. The molecule has 8 aromatic rings. The predicted molar refractivity (Wildman–Crippen MR) is 331 cm³/mol. The highest BCUT2D eigenvalue weighted by Crippen LogP contribution is 2.37. The Bertz CT molecular complexity index is 4110. The van der Waals surface area contributed by atoms with E-state index in [-0.39, 0.29) is 44.8 Å². The van der Waals surface area contributed by atoms with Crippen molar-refractivity contribution in [3.8, 4) is 53.4 Å². The minimum Gasteiger partial charge on any atom is -0.435 e. The van der Waals surface area contributed by atoms with E-state index in [1.165, 1.54) is 17.7 Å². The number of carbonyl (C=O) groups is 4. The van der Waals surface area contributed by atoms with Crippen molar-refractivity contribution < 1.29 is 23.6 Å². The number of pyridine rings is 4. The zero-order valence-electron chi connectivity index (χ0n) is 48.7. The number of fused-ring (bicyclic) bond motifs is 4. The highest BCUT2D eigenvalue weighted by molar-refractivity contribution is 9.10. The summed E-state index contributed by atoms with van der Waals surface area (Å²) in [7, 11) is 0. The van der Waals surface area contributed by atoms with Gasteiger partial charge in [-0.05, 0) is 168 Å². The normalized spacial score (nSPS) is 15.8. The van der Waals surface area contributed by atoms with E-state index < -0.39 is 0 Å². The molecule has 12 nitrogen and oxygen atoms in total. The molecule has 0 unspecified atom stereocenters. The van der Waals surface area contributed by atoms with Crippen molar-refractivity contribution in [1.29, 1.82) is 5.26 Å². The molecule has 4 aliphatic carbocycles. The molecule has 0 aliphatic heterocycles. The molecule has 0 N–H and O–H groups in total. The second-order valence-electron chi connectivity index (χ2n) is 24.5. The van der Waals surface area contributed by atoms with E-state index in [0.29, 0.717) is 59.8 Å². The van der Waals surface area contributed by atoms with E-state index in [9.17, 15) is 19.2 Å². The Morgan fingerprint density at radius 2 is 0.835 bits per heavy atom. The number of hydrogen-bond acceptors (Lipinski definition) is 13. The van der Waals surface area contributed by atoms with E-state index in [1.54, 1.807) is 42.2 Å². The zero-order chi connectivity index (χ0) is 60.5. The van der Waals surface area contributed by atoms with E-state index in [4.69, 9.17) is 9.68 Å². The van der Waals surface area contributed by atoms with Gasteiger partial charge in [0.25, 0.3) is 0 Å². The Morgan fingerprint density at radius 3 is 1.21 bits per heavy atom. The Kier molecular flexibility index (Phi) is 18.3. The lowest BCUT2D eigenvalue weighted by atomic mass is 9.75. The number of hydrogen-bond donors (Lipinski definition) is 0. The van der Waals surface area contributed by atoms with Gasteiger partial charge >= 0.3 is 0 Å². The number of thiazole rings is 1. The molecule has 0 fully saturated rings. The summed E-state index contributed by atoms with van der Waals surface area (Å²) < 4.78 is 6.06. The van der Waals surface area contributed by atoms with Gasteiger partial charge in [-0.3, -0.25) is 24.2 Å². The lowest BCUT2D eigenvalue weighted by Gasteiger charge is -2.29. The average molecular weight is 1200 g/mol. The molecule has 0 amide bonds.